The summed E-state index contributed by atoms with van der Waals surface area (Å²) in [6.07, 6.45) is 2.41. The van der Waals surface area contributed by atoms with Gasteiger partial charge in [-0.05, 0) is 37.3 Å². The molecule has 6 nitrogen and oxygen atoms in total. The Kier molecular flexibility index (Phi) is 6.14. The van der Waals surface area contributed by atoms with Crippen LogP contribution >= 0.6 is 0 Å². The van der Waals surface area contributed by atoms with Gasteiger partial charge in [0.05, 0.1) is 24.3 Å². The first-order chi connectivity index (χ1) is 14.3. The number of benzene rings is 1. The van der Waals surface area contributed by atoms with E-state index >= 15 is 0 Å². The molecule has 1 aromatic carbocycles. The molecule has 4 aromatic rings. The number of aromatic nitrogens is 4. The molecule has 0 aliphatic rings. The number of nitrogens with zero attached hydrogens (tertiary/aromatic N) is 4. The van der Waals surface area contributed by atoms with Gasteiger partial charge in [-0.15, -0.1) is 0 Å². The highest BCUT2D eigenvalue weighted by Crippen LogP contribution is 2.32. The van der Waals surface area contributed by atoms with Gasteiger partial charge in [-0.1, -0.05) is 0 Å². The molecule has 30 heavy (non-hydrogen) atoms. The molecule has 0 bridgehead atoms. The quantitative estimate of drug-likeness (QED) is 0.404. The minimum atomic E-state index is -2.59. The van der Waals surface area contributed by atoms with Crippen molar-refractivity contribution in [2.45, 2.75) is 19.9 Å². The van der Waals surface area contributed by atoms with E-state index in [0.29, 0.717) is 28.2 Å². The lowest BCUT2D eigenvalue weighted by molar-refractivity contribution is -0.106. The van der Waals surface area contributed by atoms with Gasteiger partial charge >= 0.3 is 0 Å². The molecule has 156 valence electrons. The van der Waals surface area contributed by atoms with Crippen molar-refractivity contribution in [1.82, 2.24) is 18.9 Å². The Morgan fingerprint density at radius 2 is 1.80 bits per heavy atom. The van der Waals surface area contributed by atoms with Crippen LogP contribution in [0.3, 0.4) is 0 Å². The highest BCUT2D eigenvalue weighted by atomic mass is 19.3. The van der Waals surface area contributed by atoms with E-state index in [1.54, 1.807) is 24.5 Å². The number of carbonyl (C=O) groups is 1. The maximum atomic E-state index is 13.7. The van der Waals surface area contributed by atoms with Gasteiger partial charge in [-0.3, -0.25) is 4.79 Å². The predicted octanol–water partition coefficient (Wildman–Crippen LogP) is 3.82. The highest BCUT2D eigenvalue weighted by molar-refractivity contribution is 5.79. The molecule has 3 heterocycles. The number of aryl methyl sites for hydroxylation is 1. The van der Waals surface area contributed by atoms with Crippen molar-refractivity contribution in [2.75, 3.05) is 0 Å². The molecular formula is C20H17F4N5O. The van der Waals surface area contributed by atoms with Gasteiger partial charge in [0.2, 0.25) is 6.41 Å². The second-order valence-corrected chi connectivity index (χ2v) is 6.30. The molecule has 0 saturated carbocycles. The van der Waals surface area contributed by atoms with Crippen LogP contribution in [0.4, 0.5) is 17.6 Å². The maximum Gasteiger partial charge on any atom is 0.256 e. The van der Waals surface area contributed by atoms with E-state index in [-0.39, 0.29) is 6.41 Å². The number of amides is 1. The van der Waals surface area contributed by atoms with Gasteiger partial charge in [0, 0.05) is 29.2 Å². The van der Waals surface area contributed by atoms with Crippen molar-refractivity contribution < 1.29 is 22.4 Å². The van der Waals surface area contributed by atoms with Crippen LogP contribution in [0.25, 0.3) is 28.2 Å². The number of hydrogen-bond acceptors (Lipinski definition) is 3. The number of rotatable bonds is 4. The van der Waals surface area contributed by atoms with E-state index in [1.807, 2.05) is 11.3 Å². The van der Waals surface area contributed by atoms with Gasteiger partial charge < -0.3 is 14.7 Å². The fraction of sp³-hybridized carbons (Fsp3) is 0.150. The number of pyridine rings is 1. The van der Waals surface area contributed by atoms with Gasteiger partial charge in [0.15, 0.2) is 11.6 Å². The molecule has 0 unspecified atom stereocenters. The van der Waals surface area contributed by atoms with Crippen LogP contribution in [-0.4, -0.2) is 31.8 Å². The van der Waals surface area contributed by atoms with Crippen LogP contribution < -0.4 is 5.73 Å². The standard InChI is InChI=1S/C19H14F4N4.CH3NO/c1-11-7-24-17-5-3-13(8-27(11)17)19-18(25-10-26(19)9-16(22)23)12-2-4-14(20)15(21)6-12;2-1-3/h2-8,10,16H,9H2,1H3;1H,(H2,2,3). The summed E-state index contributed by atoms with van der Waals surface area (Å²) in [5.41, 5.74) is 7.37. The fourth-order valence-corrected chi connectivity index (χ4v) is 3.07. The Morgan fingerprint density at radius 3 is 2.47 bits per heavy atom. The first-order valence-corrected chi connectivity index (χ1v) is 8.73. The average molecular weight is 419 g/mol. The monoisotopic (exact) mass is 419 g/mol. The predicted molar refractivity (Wildman–Crippen MR) is 103 cm³/mol. The highest BCUT2D eigenvalue weighted by Gasteiger charge is 2.19. The maximum absolute atomic E-state index is 13.7. The molecule has 10 heteroatoms. The molecule has 0 spiro atoms. The molecule has 0 radical (unpaired) electrons. The average Bonchev–Trinajstić information content (AvgIpc) is 3.28. The number of halogens is 4. The Labute approximate surface area is 168 Å². The van der Waals surface area contributed by atoms with Crippen molar-refractivity contribution in [2.24, 2.45) is 5.73 Å². The molecule has 0 saturated heterocycles. The van der Waals surface area contributed by atoms with Gasteiger partial charge in [0.1, 0.15) is 5.65 Å². The molecule has 0 aliphatic heterocycles. The van der Waals surface area contributed by atoms with Crippen molar-refractivity contribution in [1.29, 1.82) is 0 Å². The van der Waals surface area contributed by atoms with Crippen molar-refractivity contribution in [3.8, 4) is 22.5 Å². The van der Waals surface area contributed by atoms with Gasteiger partial charge in [-0.25, -0.2) is 27.5 Å². The van der Waals surface area contributed by atoms with E-state index in [1.165, 1.54) is 17.0 Å². The zero-order chi connectivity index (χ0) is 21.8. The first kappa shape index (κ1) is 21.0. The van der Waals surface area contributed by atoms with E-state index < -0.39 is 24.6 Å². The first-order valence-electron chi connectivity index (χ1n) is 8.73. The zero-order valence-electron chi connectivity index (χ0n) is 15.8. The lowest BCUT2D eigenvalue weighted by atomic mass is 10.1. The molecule has 0 atom stereocenters. The minimum Gasteiger partial charge on any atom is -0.372 e. The van der Waals surface area contributed by atoms with E-state index in [0.717, 1.165) is 17.8 Å². The number of alkyl halides is 2. The van der Waals surface area contributed by atoms with E-state index in [9.17, 15) is 17.6 Å². The smallest absolute Gasteiger partial charge is 0.256 e. The lowest BCUT2D eigenvalue weighted by Crippen LogP contribution is -2.07. The van der Waals surface area contributed by atoms with E-state index in [4.69, 9.17) is 4.79 Å². The molecular weight excluding hydrogens is 402 g/mol. The number of nitrogens with two attached hydrogens (primary N) is 1. The topological polar surface area (TPSA) is 78.2 Å². The third-order valence-electron chi connectivity index (χ3n) is 4.33. The second-order valence-electron chi connectivity index (χ2n) is 6.30. The van der Waals surface area contributed by atoms with Crippen LogP contribution in [0.2, 0.25) is 0 Å². The fourth-order valence-electron chi connectivity index (χ4n) is 3.07. The van der Waals surface area contributed by atoms with Crippen LogP contribution in [0.15, 0.2) is 49.1 Å². The summed E-state index contributed by atoms with van der Waals surface area (Å²) < 4.78 is 56.2. The summed E-state index contributed by atoms with van der Waals surface area (Å²) in [6, 6.07) is 6.87. The van der Waals surface area contributed by atoms with Crippen molar-refractivity contribution in [3.05, 3.63) is 66.4 Å². The van der Waals surface area contributed by atoms with Crippen LogP contribution in [0.5, 0.6) is 0 Å². The summed E-state index contributed by atoms with van der Waals surface area (Å²) in [5, 5.41) is 0. The summed E-state index contributed by atoms with van der Waals surface area (Å²) in [5.74, 6) is -2.01. The Balaban J connectivity index is 0.000000806. The van der Waals surface area contributed by atoms with Gasteiger partial charge in [0.25, 0.3) is 6.43 Å². The number of imidazole rings is 2. The van der Waals surface area contributed by atoms with Gasteiger partial charge in [-0.2, -0.15) is 0 Å². The lowest BCUT2D eigenvalue weighted by Gasteiger charge is -2.11. The number of carbonyl (C=O) groups excluding carboxylic acids is 1. The van der Waals surface area contributed by atoms with E-state index in [2.05, 4.69) is 15.7 Å². The number of hydrogen-bond donors (Lipinski definition) is 1. The van der Waals surface area contributed by atoms with Crippen LogP contribution in [-0.2, 0) is 11.3 Å². The molecule has 1 amide bonds. The third-order valence-corrected chi connectivity index (χ3v) is 4.33. The SMILES string of the molecule is Cc1cnc2ccc(-c3c(-c4ccc(F)c(F)c4)ncn3CC(F)F)cn12.NC=O. The number of fused-ring (bicyclic) bond motifs is 1. The Morgan fingerprint density at radius 1 is 1.10 bits per heavy atom. The minimum absolute atomic E-state index is 0.250. The normalized spacial score (nSPS) is 10.9. The summed E-state index contributed by atoms with van der Waals surface area (Å²) in [7, 11) is 0. The number of primary amides is 1. The Bertz CT molecular complexity index is 1190. The molecule has 0 fully saturated rings. The molecule has 3 aromatic heterocycles. The summed E-state index contributed by atoms with van der Waals surface area (Å²) in [6.45, 7) is 1.31. The van der Waals surface area contributed by atoms with Crippen molar-refractivity contribution in [3.63, 3.8) is 0 Å². The second kappa shape index (κ2) is 8.76. The molecule has 2 N–H and O–H groups in total. The molecule has 4 rings (SSSR count). The summed E-state index contributed by atoms with van der Waals surface area (Å²) in [4.78, 5) is 17.0. The van der Waals surface area contributed by atoms with Crippen LogP contribution in [0, 0.1) is 18.6 Å². The largest absolute Gasteiger partial charge is 0.372 e. The zero-order valence-corrected chi connectivity index (χ0v) is 15.8. The van der Waals surface area contributed by atoms with Crippen molar-refractivity contribution >= 4 is 12.1 Å². The summed E-state index contributed by atoms with van der Waals surface area (Å²) >= 11 is 0. The third kappa shape index (κ3) is 4.17. The molecule has 0 aliphatic carbocycles. The van der Waals surface area contributed by atoms with Crippen LogP contribution in [0.1, 0.15) is 5.69 Å². The Hall–Kier alpha value is -3.69.